The Kier molecular flexibility index (Phi) is 3.54. The number of rotatable bonds is 1. The van der Waals surface area contributed by atoms with E-state index in [1.165, 1.54) is 11.3 Å². The van der Waals surface area contributed by atoms with Crippen LogP contribution in [0.3, 0.4) is 0 Å². The summed E-state index contributed by atoms with van der Waals surface area (Å²) in [5, 5.41) is 12.0. The highest BCUT2D eigenvalue weighted by molar-refractivity contribution is 7.12. The zero-order valence-electron chi connectivity index (χ0n) is 10.4. The lowest BCUT2D eigenvalue weighted by atomic mass is 9.98. The first kappa shape index (κ1) is 12.6. The van der Waals surface area contributed by atoms with Crippen LogP contribution in [0.1, 0.15) is 41.4 Å². The average Bonchev–Trinajstić information content (AvgIpc) is 2.59. The highest BCUT2D eigenvalue weighted by atomic mass is 32.1. The van der Waals surface area contributed by atoms with Crippen LogP contribution in [0.25, 0.3) is 0 Å². The molecule has 2 heterocycles. The zero-order chi connectivity index (χ0) is 12.5. The molecule has 1 atom stereocenters. The van der Waals surface area contributed by atoms with Crippen molar-refractivity contribution in [1.29, 1.82) is 0 Å². The van der Waals surface area contributed by atoms with Crippen molar-refractivity contribution in [3.05, 3.63) is 21.9 Å². The normalized spacial score (nSPS) is 25.7. The number of hydrogen-bond acceptors (Lipinski definition) is 3. The van der Waals surface area contributed by atoms with E-state index in [1.807, 2.05) is 30.2 Å². The maximum atomic E-state index is 12.3. The fourth-order valence-corrected chi connectivity index (χ4v) is 3.09. The van der Waals surface area contributed by atoms with Crippen molar-refractivity contribution in [2.75, 3.05) is 13.1 Å². The maximum Gasteiger partial charge on any atom is 0.264 e. The van der Waals surface area contributed by atoms with Crippen LogP contribution in [0, 0.1) is 6.92 Å². The summed E-state index contributed by atoms with van der Waals surface area (Å²) < 4.78 is 0. The van der Waals surface area contributed by atoms with E-state index in [4.69, 9.17) is 0 Å². The number of likely N-dealkylation sites (tertiary alicyclic amines) is 1. The van der Waals surface area contributed by atoms with E-state index in [0.717, 1.165) is 29.8 Å². The van der Waals surface area contributed by atoms with E-state index in [9.17, 15) is 9.90 Å². The van der Waals surface area contributed by atoms with Crippen molar-refractivity contribution >= 4 is 17.2 Å². The van der Waals surface area contributed by atoms with Gasteiger partial charge in [-0.2, -0.15) is 0 Å². The van der Waals surface area contributed by atoms with Gasteiger partial charge in [0.25, 0.3) is 5.91 Å². The molecular formula is C13H19NO2S. The Bertz CT molecular complexity index is 411. The number of carbonyl (C=O) groups excluding carboxylic acids is 1. The van der Waals surface area contributed by atoms with E-state index in [2.05, 4.69) is 0 Å². The minimum atomic E-state index is -0.612. The van der Waals surface area contributed by atoms with Gasteiger partial charge in [0.1, 0.15) is 0 Å². The molecule has 0 aliphatic carbocycles. The molecule has 1 saturated heterocycles. The lowest BCUT2D eigenvalue weighted by molar-refractivity contribution is 0.0438. The van der Waals surface area contributed by atoms with Crippen LogP contribution in [0.2, 0.25) is 0 Å². The van der Waals surface area contributed by atoms with E-state index >= 15 is 0 Å². The van der Waals surface area contributed by atoms with Gasteiger partial charge in [0.2, 0.25) is 0 Å². The molecule has 0 saturated carbocycles. The second-order valence-electron chi connectivity index (χ2n) is 5.08. The molecular weight excluding hydrogens is 234 g/mol. The first-order chi connectivity index (χ1) is 7.99. The Balaban J connectivity index is 2.08. The molecule has 3 nitrogen and oxygen atoms in total. The predicted molar refractivity (Wildman–Crippen MR) is 69.4 cm³/mol. The Hall–Kier alpha value is -0.870. The fraction of sp³-hybridized carbons (Fsp3) is 0.615. The van der Waals surface area contributed by atoms with Crippen molar-refractivity contribution in [2.24, 2.45) is 0 Å². The van der Waals surface area contributed by atoms with Crippen LogP contribution >= 0.6 is 11.3 Å². The van der Waals surface area contributed by atoms with E-state index in [1.54, 1.807) is 0 Å². The standard InChI is InChI=1S/C13H19NO2S/c1-10-4-9-17-11(10)12(15)14-7-3-5-13(2,16)6-8-14/h4,9,16H,3,5-8H2,1-2H3. The van der Waals surface area contributed by atoms with Gasteiger partial charge in [-0.1, -0.05) is 0 Å². The minimum absolute atomic E-state index is 0.121. The highest BCUT2D eigenvalue weighted by Gasteiger charge is 2.28. The number of carbonyl (C=O) groups is 1. The third-order valence-corrected chi connectivity index (χ3v) is 4.41. The number of aryl methyl sites for hydroxylation is 1. The minimum Gasteiger partial charge on any atom is -0.390 e. The van der Waals surface area contributed by atoms with Crippen LogP contribution in [-0.4, -0.2) is 34.6 Å². The number of amides is 1. The van der Waals surface area contributed by atoms with Crippen molar-refractivity contribution < 1.29 is 9.90 Å². The summed E-state index contributed by atoms with van der Waals surface area (Å²) in [7, 11) is 0. The van der Waals surface area contributed by atoms with Crippen molar-refractivity contribution in [3.63, 3.8) is 0 Å². The first-order valence-electron chi connectivity index (χ1n) is 6.05. The molecule has 0 spiro atoms. The van der Waals surface area contributed by atoms with Gasteiger partial charge in [-0.05, 0) is 50.1 Å². The SMILES string of the molecule is Cc1ccsc1C(=O)N1CCCC(C)(O)CC1. The summed E-state index contributed by atoms with van der Waals surface area (Å²) in [6, 6.07) is 1.98. The number of hydrogen-bond donors (Lipinski definition) is 1. The molecule has 0 bridgehead atoms. The highest BCUT2D eigenvalue weighted by Crippen LogP contribution is 2.24. The van der Waals surface area contributed by atoms with Gasteiger partial charge in [-0.25, -0.2) is 0 Å². The molecule has 1 aliphatic heterocycles. The van der Waals surface area contributed by atoms with Crippen LogP contribution in [0.15, 0.2) is 11.4 Å². The fourth-order valence-electron chi connectivity index (χ4n) is 2.20. The molecule has 94 valence electrons. The Morgan fingerprint density at radius 2 is 2.24 bits per heavy atom. The second kappa shape index (κ2) is 4.78. The molecule has 1 N–H and O–H groups in total. The Labute approximate surface area is 106 Å². The average molecular weight is 253 g/mol. The van der Waals surface area contributed by atoms with E-state index in [0.29, 0.717) is 13.0 Å². The van der Waals surface area contributed by atoms with Gasteiger partial charge in [0.15, 0.2) is 0 Å². The summed E-state index contributed by atoms with van der Waals surface area (Å²) in [6.45, 7) is 5.24. The molecule has 1 aliphatic rings. The van der Waals surface area contributed by atoms with Gasteiger partial charge in [-0.15, -0.1) is 11.3 Å². The third kappa shape index (κ3) is 2.87. The number of thiophene rings is 1. The molecule has 1 amide bonds. The third-order valence-electron chi connectivity index (χ3n) is 3.41. The van der Waals surface area contributed by atoms with Crippen LogP contribution in [0.5, 0.6) is 0 Å². The summed E-state index contributed by atoms with van der Waals surface area (Å²) in [6.07, 6.45) is 2.33. The van der Waals surface area contributed by atoms with Crippen LogP contribution in [-0.2, 0) is 0 Å². The van der Waals surface area contributed by atoms with Crippen molar-refractivity contribution in [3.8, 4) is 0 Å². The Morgan fingerprint density at radius 1 is 1.47 bits per heavy atom. The molecule has 1 unspecified atom stereocenters. The molecule has 17 heavy (non-hydrogen) atoms. The lowest BCUT2D eigenvalue weighted by Gasteiger charge is -2.22. The van der Waals surface area contributed by atoms with Crippen molar-refractivity contribution in [1.82, 2.24) is 4.90 Å². The molecule has 1 aromatic rings. The molecule has 0 radical (unpaired) electrons. The molecule has 1 aromatic heterocycles. The number of nitrogens with zero attached hydrogens (tertiary/aromatic N) is 1. The van der Waals surface area contributed by atoms with Gasteiger partial charge >= 0.3 is 0 Å². The number of aliphatic hydroxyl groups is 1. The smallest absolute Gasteiger partial charge is 0.264 e. The molecule has 0 aromatic carbocycles. The summed E-state index contributed by atoms with van der Waals surface area (Å²) in [5.41, 5.74) is 0.440. The van der Waals surface area contributed by atoms with Gasteiger partial charge in [0.05, 0.1) is 10.5 Å². The zero-order valence-corrected chi connectivity index (χ0v) is 11.2. The van der Waals surface area contributed by atoms with Crippen LogP contribution in [0.4, 0.5) is 0 Å². The topological polar surface area (TPSA) is 40.5 Å². The summed E-state index contributed by atoms with van der Waals surface area (Å²) in [5.74, 6) is 0.121. The molecule has 4 heteroatoms. The largest absolute Gasteiger partial charge is 0.390 e. The van der Waals surface area contributed by atoms with Gasteiger partial charge in [-0.3, -0.25) is 4.79 Å². The molecule has 1 fully saturated rings. The van der Waals surface area contributed by atoms with Gasteiger partial charge < -0.3 is 10.0 Å². The predicted octanol–water partition coefficient (Wildman–Crippen LogP) is 2.43. The maximum absolute atomic E-state index is 12.3. The summed E-state index contributed by atoms with van der Waals surface area (Å²) in [4.78, 5) is 15.0. The van der Waals surface area contributed by atoms with E-state index < -0.39 is 5.60 Å². The first-order valence-corrected chi connectivity index (χ1v) is 6.93. The van der Waals surface area contributed by atoms with Gasteiger partial charge in [0, 0.05) is 13.1 Å². The van der Waals surface area contributed by atoms with Crippen molar-refractivity contribution in [2.45, 2.75) is 38.7 Å². The monoisotopic (exact) mass is 253 g/mol. The van der Waals surface area contributed by atoms with E-state index in [-0.39, 0.29) is 5.91 Å². The summed E-state index contributed by atoms with van der Waals surface area (Å²) >= 11 is 1.50. The quantitative estimate of drug-likeness (QED) is 0.835. The van der Waals surface area contributed by atoms with Crippen LogP contribution < -0.4 is 0 Å². The lowest BCUT2D eigenvalue weighted by Crippen LogP contribution is -2.33. The Morgan fingerprint density at radius 3 is 2.88 bits per heavy atom. The second-order valence-corrected chi connectivity index (χ2v) is 5.99. The molecule has 2 rings (SSSR count).